The van der Waals surface area contributed by atoms with Crippen LogP contribution in [0.5, 0.6) is 11.5 Å². The molecule has 106 valence electrons. The minimum absolute atomic E-state index is 0.395. The molecule has 1 atom stereocenters. The first-order valence-corrected chi connectivity index (χ1v) is 7.16. The van der Waals surface area contributed by atoms with E-state index in [0.717, 1.165) is 23.5 Å². The van der Waals surface area contributed by atoms with Gasteiger partial charge >= 0.3 is 0 Å². The van der Waals surface area contributed by atoms with E-state index in [1.54, 1.807) is 0 Å². The Kier molecular flexibility index (Phi) is 4.80. The van der Waals surface area contributed by atoms with E-state index in [1.165, 1.54) is 5.56 Å². The van der Waals surface area contributed by atoms with E-state index in [1.807, 2.05) is 43.3 Å². The first kappa shape index (κ1) is 14.6. The number of ether oxygens (including phenoxy) is 1. The van der Waals surface area contributed by atoms with Crippen LogP contribution < -0.4 is 4.74 Å². The normalized spacial score (nSPS) is 12.4. The van der Waals surface area contributed by atoms with Gasteiger partial charge < -0.3 is 9.84 Å². The summed E-state index contributed by atoms with van der Waals surface area (Å²) in [6, 6.07) is 15.8. The van der Waals surface area contributed by atoms with Gasteiger partial charge in [-0.05, 0) is 47.7 Å². The highest BCUT2D eigenvalue weighted by Crippen LogP contribution is 2.26. The average Bonchev–Trinajstić information content (AvgIpc) is 2.47. The summed E-state index contributed by atoms with van der Waals surface area (Å²) in [5.74, 6) is 2.12. The standard InChI is InChI=1S/C18H22O2/c1-4-18(19)14-8-10-16(11-9-14)20-17-7-5-6-15(12-17)13(2)3/h5-13,18-19H,4H2,1-3H3. The number of aliphatic hydroxyl groups is 1. The van der Waals surface area contributed by atoms with Gasteiger partial charge in [-0.25, -0.2) is 0 Å². The van der Waals surface area contributed by atoms with Crippen molar-refractivity contribution in [1.29, 1.82) is 0 Å². The van der Waals surface area contributed by atoms with Crippen molar-refractivity contribution in [2.75, 3.05) is 0 Å². The van der Waals surface area contributed by atoms with Crippen LogP contribution in [0, 0.1) is 0 Å². The molecule has 0 bridgehead atoms. The topological polar surface area (TPSA) is 29.5 Å². The van der Waals surface area contributed by atoms with Crippen molar-refractivity contribution in [3.63, 3.8) is 0 Å². The van der Waals surface area contributed by atoms with Crippen molar-refractivity contribution in [3.8, 4) is 11.5 Å². The summed E-state index contributed by atoms with van der Waals surface area (Å²) in [4.78, 5) is 0. The molecule has 2 rings (SSSR count). The number of benzene rings is 2. The maximum atomic E-state index is 9.77. The van der Waals surface area contributed by atoms with Gasteiger partial charge in [0, 0.05) is 0 Å². The lowest BCUT2D eigenvalue weighted by Crippen LogP contribution is -1.94. The quantitative estimate of drug-likeness (QED) is 0.824. The number of hydrogen-bond donors (Lipinski definition) is 1. The van der Waals surface area contributed by atoms with Crippen LogP contribution in [0.2, 0.25) is 0 Å². The van der Waals surface area contributed by atoms with E-state index in [4.69, 9.17) is 4.74 Å². The Morgan fingerprint density at radius 3 is 2.25 bits per heavy atom. The molecule has 20 heavy (non-hydrogen) atoms. The van der Waals surface area contributed by atoms with Crippen molar-refractivity contribution in [3.05, 3.63) is 59.7 Å². The summed E-state index contributed by atoms with van der Waals surface area (Å²) < 4.78 is 5.86. The first-order chi connectivity index (χ1) is 9.60. The van der Waals surface area contributed by atoms with Crippen LogP contribution in [-0.4, -0.2) is 5.11 Å². The molecule has 1 N–H and O–H groups in total. The van der Waals surface area contributed by atoms with Gasteiger partial charge in [-0.3, -0.25) is 0 Å². The molecule has 0 aliphatic heterocycles. The fourth-order valence-corrected chi connectivity index (χ4v) is 2.07. The van der Waals surface area contributed by atoms with E-state index in [0.29, 0.717) is 5.92 Å². The largest absolute Gasteiger partial charge is 0.457 e. The molecule has 0 heterocycles. The molecule has 0 spiro atoms. The lowest BCUT2D eigenvalue weighted by atomic mass is 10.0. The monoisotopic (exact) mass is 270 g/mol. The lowest BCUT2D eigenvalue weighted by molar-refractivity contribution is 0.173. The second kappa shape index (κ2) is 6.58. The van der Waals surface area contributed by atoms with Crippen molar-refractivity contribution in [1.82, 2.24) is 0 Å². The minimum atomic E-state index is -0.395. The van der Waals surface area contributed by atoms with Gasteiger partial charge in [0.2, 0.25) is 0 Å². The van der Waals surface area contributed by atoms with E-state index in [9.17, 15) is 5.11 Å². The van der Waals surface area contributed by atoms with Crippen LogP contribution >= 0.6 is 0 Å². The minimum Gasteiger partial charge on any atom is -0.457 e. The maximum Gasteiger partial charge on any atom is 0.127 e. The predicted octanol–water partition coefficient (Wildman–Crippen LogP) is 5.05. The highest BCUT2D eigenvalue weighted by Gasteiger charge is 2.05. The molecule has 0 aromatic heterocycles. The SMILES string of the molecule is CCC(O)c1ccc(Oc2cccc(C(C)C)c2)cc1. The van der Waals surface area contributed by atoms with Crippen molar-refractivity contribution < 1.29 is 9.84 Å². The van der Waals surface area contributed by atoms with Gasteiger partial charge in [-0.2, -0.15) is 0 Å². The maximum absolute atomic E-state index is 9.77. The van der Waals surface area contributed by atoms with Gasteiger partial charge in [0.25, 0.3) is 0 Å². The summed E-state index contributed by atoms with van der Waals surface area (Å²) in [7, 11) is 0. The van der Waals surface area contributed by atoms with Crippen LogP contribution in [0.3, 0.4) is 0 Å². The van der Waals surface area contributed by atoms with Gasteiger partial charge in [-0.15, -0.1) is 0 Å². The van der Waals surface area contributed by atoms with Crippen molar-refractivity contribution in [2.45, 2.75) is 39.2 Å². The van der Waals surface area contributed by atoms with Gasteiger partial charge in [0.1, 0.15) is 11.5 Å². The Morgan fingerprint density at radius 2 is 1.65 bits per heavy atom. The summed E-state index contributed by atoms with van der Waals surface area (Å²) >= 11 is 0. The molecular weight excluding hydrogens is 248 g/mol. The van der Waals surface area contributed by atoms with E-state index < -0.39 is 6.10 Å². The van der Waals surface area contributed by atoms with Crippen LogP contribution in [0.15, 0.2) is 48.5 Å². The molecule has 2 aromatic carbocycles. The highest BCUT2D eigenvalue weighted by molar-refractivity contribution is 5.36. The Hall–Kier alpha value is -1.80. The summed E-state index contributed by atoms with van der Waals surface area (Å²) in [6.07, 6.45) is 0.324. The third-order valence-corrected chi connectivity index (χ3v) is 3.41. The van der Waals surface area contributed by atoms with Crippen LogP contribution in [-0.2, 0) is 0 Å². The van der Waals surface area contributed by atoms with Crippen LogP contribution in [0.1, 0.15) is 50.3 Å². The molecule has 0 aliphatic rings. The lowest BCUT2D eigenvalue weighted by Gasteiger charge is -2.11. The third kappa shape index (κ3) is 3.61. The molecular formula is C18H22O2. The second-order valence-electron chi connectivity index (χ2n) is 5.32. The second-order valence-corrected chi connectivity index (χ2v) is 5.32. The van der Waals surface area contributed by atoms with E-state index in [-0.39, 0.29) is 0 Å². The molecule has 1 unspecified atom stereocenters. The van der Waals surface area contributed by atoms with Crippen LogP contribution in [0.4, 0.5) is 0 Å². The predicted molar refractivity (Wildman–Crippen MR) is 82.3 cm³/mol. The average molecular weight is 270 g/mol. The van der Waals surface area contributed by atoms with Gasteiger partial charge in [0.15, 0.2) is 0 Å². The van der Waals surface area contributed by atoms with Gasteiger partial charge in [0.05, 0.1) is 6.10 Å². The highest BCUT2D eigenvalue weighted by atomic mass is 16.5. The van der Waals surface area contributed by atoms with E-state index >= 15 is 0 Å². The van der Waals surface area contributed by atoms with E-state index in [2.05, 4.69) is 26.0 Å². The fraction of sp³-hybridized carbons (Fsp3) is 0.333. The summed E-state index contributed by atoms with van der Waals surface area (Å²) in [5.41, 5.74) is 2.19. The summed E-state index contributed by atoms with van der Waals surface area (Å²) in [6.45, 7) is 6.30. The molecule has 2 heteroatoms. The molecule has 0 amide bonds. The molecule has 0 saturated heterocycles. The molecule has 0 aliphatic carbocycles. The molecule has 2 nitrogen and oxygen atoms in total. The van der Waals surface area contributed by atoms with Gasteiger partial charge in [-0.1, -0.05) is 45.0 Å². The molecule has 0 radical (unpaired) electrons. The zero-order valence-corrected chi connectivity index (χ0v) is 12.3. The number of rotatable bonds is 5. The first-order valence-electron chi connectivity index (χ1n) is 7.16. The number of hydrogen-bond acceptors (Lipinski definition) is 2. The van der Waals surface area contributed by atoms with Crippen molar-refractivity contribution in [2.24, 2.45) is 0 Å². The number of aliphatic hydroxyl groups excluding tert-OH is 1. The summed E-state index contributed by atoms with van der Waals surface area (Å²) in [5, 5.41) is 9.77. The molecule has 0 fully saturated rings. The Labute approximate surface area is 121 Å². The Balaban J connectivity index is 2.12. The Morgan fingerprint density at radius 1 is 0.950 bits per heavy atom. The zero-order valence-electron chi connectivity index (χ0n) is 12.3. The molecule has 2 aromatic rings. The third-order valence-electron chi connectivity index (χ3n) is 3.41. The molecule has 0 saturated carbocycles. The fourth-order valence-electron chi connectivity index (χ4n) is 2.07. The van der Waals surface area contributed by atoms with Crippen molar-refractivity contribution >= 4 is 0 Å². The Bertz CT molecular complexity index is 544. The smallest absolute Gasteiger partial charge is 0.127 e. The van der Waals surface area contributed by atoms with Crippen LogP contribution in [0.25, 0.3) is 0 Å². The zero-order chi connectivity index (χ0) is 14.5.